The fraction of sp³-hybridized carbons (Fsp3) is 0.235. The first-order chi connectivity index (χ1) is 10.2. The van der Waals surface area contributed by atoms with Gasteiger partial charge in [-0.2, -0.15) is 0 Å². The molecule has 0 atom stereocenters. The topological polar surface area (TPSA) is 29.5 Å². The summed E-state index contributed by atoms with van der Waals surface area (Å²) in [4.78, 5) is 14.2. The number of rotatable bonds is 3. The lowest BCUT2D eigenvalue weighted by molar-refractivity contribution is 0.0724. The van der Waals surface area contributed by atoms with Crippen molar-refractivity contribution in [1.29, 1.82) is 0 Å². The summed E-state index contributed by atoms with van der Waals surface area (Å²) in [5, 5.41) is 0. The lowest BCUT2D eigenvalue weighted by Gasteiger charge is -2.29. The highest BCUT2D eigenvalue weighted by Gasteiger charge is 2.26. The number of carbonyl (C=O) groups is 1. The van der Waals surface area contributed by atoms with E-state index < -0.39 is 0 Å². The number of amides is 1. The van der Waals surface area contributed by atoms with E-state index in [1.54, 1.807) is 36.3 Å². The van der Waals surface area contributed by atoms with Gasteiger partial charge < -0.3 is 9.64 Å². The van der Waals surface area contributed by atoms with Gasteiger partial charge in [0, 0.05) is 29.8 Å². The minimum Gasteiger partial charge on any atom is -0.496 e. The number of hydrogen-bond donors (Lipinski definition) is 0. The van der Waals surface area contributed by atoms with Gasteiger partial charge in [0.25, 0.3) is 5.91 Å². The van der Waals surface area contributed by atoms with Gasteiger partial charge in [-0.05, 0) is 24.6 Å². The van der Waals surface area contributed by atoms with E-state index in [2.05, 4.69) is 0 Å². The Labute approximate surface area is 123 Å². The van der Waals surface area contributed by atoms with Crippen molar-refractivity contribution in [2.75, 3.05) is 13.7 Å². The summed E-state index contributed by atoms with van der Waals surface area (Å²) in [7, 11) is 1.60. The minimum absolute atomic E-state index is 0.0709. The predicted octanol–water partition coefficient (Wildman–Crippen LogP) is 3.03. The van der Waals surface area contributed by atoms with Gasteiger partial charge in [0.2, 0.25) is 0 Å². The Morgan fingerprint density at radius 2 is 2.00 bits per heavy atom. The summed E-state index contributed by atoms with van der Waals surface area (Å²) in [6.07, 6.45) is 0.722. The number of fused-ring (bicyclic) bond motifs is 1. The quantitative estimate of drug-likeness (QED) is 0.867. The molecule has 0 unspecified atom stereocenters. The molecule has 1 heterocycles. The largest absolute Gasteiger partial charge is 0.496 e. The Kier molecular flexibility index (Phi) is 3.60. The molecule has 0 radical (unpaired) electrons. The molecule has 1 aliphatic rings. The van der Waals surface area contributed by atoms with Gasteiger partial charge in [0.05, 0.1) is 7.11 Å². The van der Waals surface area contributed by atoms with Crippen LogP contribution < -0.4 is 4.74 Å². The van der Waals surface area contributed by atoms with Crippen LogP contribution in [0, 0.1) is 5.82 Å². The summed E-state index contributed by atoms with van der Waals surface area (Å²) in [5.41, 5.74) is 2.13. The number of carbonyl (C=O) groups excluding carboxylic acids is 1. The molecule has 0 N–H and O–H groups in total. The molecule has 108 valence electrons. The van der Waals surface area contributed by atoms with Crippen molar-refractivity contribution in [1.82, 2.24) is 4.90 Å². The summed E-state index contributed by atoms with van der Waals surface area (Å²) in [6.45, 7) is 0.864. The van der Waals surface area contributed by atoms with Crippen molar-refractivity contribution in [2.45, 2.75) is 13.0 Å². The molecule has 0 fully saturated rings. The molecule has 1 aliphatic heterocycles. The van der Waals surface area contributed by atoms with Crippen molar-refractivity contribution in [3.63, 3.8) is 0 Å². The average molecular weight is 285 g/mol. The van der Waals surface area contributed by atoms with Crippen LogP contribution in [0.2, 0.25) is 0 Å². The zero-order valence-corrected chi connectivity index (χ0v) is 11.8. The second-order valence-corrected chi connectivity index (χ2v) is 5.05. The molecule has 2 aromatic rings. The molecule has 0 aliphatic carbocycles. The molecular weight excluding hydrogens is 269 g/mol. The maximum absolute atomic E-state index is 13.7. The smallest absolute Gasteiger partial charge is 0.254 e. The van der Waals surface area contributed by atoms with Crippen molar-refractivity contribution in [3.05, 3.63) is 65.0 Å². The zero-order valence-electron chi connectivity index (χ0n) is 11.8. The molecule has 2 aromatic carbocycles. The van der Waals surface area contributed by atoms with Gasteiger partial charge >= 0.3 is 0 Å². The van der Waals surface area contributed by atoms with Crippen LogP contribution in [0.15, 0.2) is 42.5 Å². The van der Waals surface area contributed by atoms with E-state index in [1.165, 1.54) is 6.07 Å². The monoisotopic (exact) mass is 285 g/mol. The van der Waals surface area contributed by atoms with Crippen molar-refractivity contribution < 1.29 is 13.9 Å². The minimum atomic E-state index is -0.276. The number of halogens is 1. The van der Waals surface area contributed by atoms with Gasteiger partial charge in [-0.25, -0.2) is 4.39 Å². The van der Waals surface area contributed by atoms with E-state index in [-0.39, 0.29) is 11.7 Å². The van der Waals surface area contributed by atoms with Crippen LogP contribution in [0.3, 0.4) is 0 Å². The average Bonchev–Trinajstić information content (AvgIpc) is 2.51. The maximum atomic E-state index is 13.7. The Morgan fingerprint density at radius 3 is 2.76 bits per heavy atom. The fourth-order valence-electron chi connectivity index (χ4n) is 2.72. The Hall–Kier alpha value is -2.36. The number of ether oxygens (including phenoxy) is 1. The molecule has 0 spiro atoms. The van der Waals surface area contributed by atoms with Gasteiger partial charge in [-0.15, -0.1) is 0 Å². The van der Waals surface area contributed by atoms with E-state index in [4.69, 9.17) is 4.74 Å². The van der Waals surface area contributed by atoms with Gasteiger partial charge in [-0.3, -0.25) is 4.79 Å². The Morgan fingerprint density at radius 1 is 1.19 bits per heavy atom. The lowest BCUT2D eigenvalue weighted by Crippen LogP contribution is -2.37. The first kappa shape index (κ1) is 13.6. The van der Waals surface area contributed by atoms with Gasteiger partial charge in [0.15, 0.2) is 0 Å². The van der Waals surface area contributed by atoms with E-state index in [0.717, 1.165) is 17.7 Å². The standard InChI is InChI=1S/C17H16FNO2/c1-21-16-8-4-6-14-13(16)9-10-19(17(14)20)11-12-5-2-3-7-15(12)18/h2-8H,9-11H2,1H3. The van der Waals surface area contributed by atoms with Crippen molar-refractivity contribution in [3.8, 4) is 5.75 Å². The number of nitrogens with zero attached hydrogens (tertiary/aromatic N) is 1. The highest BCUT2D eigenvalue weighted by molar-refractivity contribution is 5.97. The van der Waals surface area contributed by atoms with Crippen LogP contribution in [-0.2, 0) is 13.0 Å². The third kappa shape index (κ3) is 2.49. The summed E-state index contributed by atoms with van der Waals surface area (Å²) in [5.74, 6) is 0.395. The highest BCUT2D eigenvalue weighted by atomic mass is 19.1. The van der Waals surface area contributed by atoms with Gasteiger partial charge in [-0.1, -0.05) is 24.3 Å². The van der Waals surface area contributed by atoms with E-state index in [0.29, 0.717) is 24.2 Å². The third-order valence-electron chi connectivity index (χ3n) is 3.82. The second kappa shape index (κ2) is 5.56. The van der Waals surface area contributed by atoms with Crippen LogP contribution >= 0.6 is 0 Å². The molecule has 0 saturated carbocycles. The summed E-state index contributed by atoms with van der Waals surface area (Å²) >= 11 is 0. The van der Waals surface area contributed by atoms with Crippen LogP contribution in [0.5, 0.6) is 5.75 Å². The van der Waals surface area contributed by atoms with E-state index in [1.807, 2.05) is 12.1 Å². The number of methoxy groups -OCH3 is 1. The first-order valence-corrected chi connectivity index (χ1v) is 6.89. The van der Waals surface area contributed by atoms with Crippen LogP contribution in [0.25, 0.3) is 0 Å². The normalized spacial score (nSPS) is 14.0. The number of benzene rings is 2. The fourth-order valence-corrected chi connectivity index (χ4v) is 2.72. The van der Waals surface area contributed by atoms with Crippen LogP contribution in [-0.4, -0.2) is 24.5 Å². The predicted molar refractivity (Wildman–Crippen MR) is 77.8 cm³/mol. The van der Waals surface area contributed by atoms with Gasteiger partial charge in [0.1, 0.15) is 11.6 Å². The maximum Gasteiger partial charge on any atom is 0.254 e. The second-order valence-electron chi connectivity index (χ2n) is 5.05. The van der Waals surface area contributed by atoms with Crippen LogP contribution in [0.4, 0.5) is 4.39 Å². The van der Waals surface area contributed by atoms with Crippen molar-refractivity contribution >= 4 is 5.91 Å². The Bertz CT molecular complexity index is 684. The number of hydrogen-bond acceptors (Lipinski definition) is 2. The highest BCUT2D eigenvalue weighted by Crippen LogP contribution is 2.28. The molecule has 21 heavy (non-hydrogen) atoms. The Balaban J connectivity index is 1.88. The van der Waals surface area contributed by atoms with Crippen molar-refractivity contribution in [2.24, 2.45) is 0 Å². The molecule has 1 amide bonds. The molecule has 0 saturated heterocycles. The molecule has 0 aromatic heterocycles. The molecule has 0 bridgehead atoms. The summed E-state index contributed by atoms with van der Waals surface area (Å²) in [6, 6.07) is 12.0. The first-order valence-electron chi connectivity index (χ1n) is 6.89. The third-order valence-corrected chi connectivity index (χ3v) is 3.82. The van der Waals surface area contributed by atoms with Crippen LogP contribution in [0.1, 0.15) is 21.5 Å². The molecule has 3 nitrogen and oxygen atoms in total. The summed E-state index contributed by atoms with van der Waals surface area (Å²) < 4.78 is 19.0. The molecular formula is C17H16FNO2. The SMILES string of the molecule is COc1cccc2c1CCN(Cc1ccccc1F)C2=O. The molecule has 3 rings (SSSR count). The lowest BCUT2D eigenvalue weighted by atomic mass is 9.97. The van der Waals surface area contributed by atoms with E-state index >= 15 is 0 Å². The molecule has 4 heteroatoms. The van der Waals surface area contributed by atoms with E-state index in [9.17, 15) is 9.18 Å². The zero-order chi connectivity index (χ0) is 14.8.